The average Bonchev–Trinajstić information content (AvgIpc) is 3.10. The van der Waals surface area contributed by atoms with Crippen molar-refractivity contribution in [2.24, 2.45) is 5.92 Å². The van der Waals surface area contributed by atoms with Gasteiger partial charge in [-0.3, -0.25) is 4.98 Å². The van der Waals surface area contributed by atoms with Gasteiger partial charge in [0.2, 0.25) is 0 Å². The molecule has 0 radical (unpaired) electrons. The number of aromatic nitrogens is 1. The van der Waals surface area contributed by atoms with E-state index < -0.39 is 6.10 Å². The zero-order valence-corrected chi connectivity index (χ0v) is 8.55. The minimum atomic E-state index is -0.473. The SMILES string of the molecule is COC(=O)C(Oc1cccnc1)C1CC1. The Morgan fingerprint density at radius 3 is 2.93 bits per heavy atom. The zero-order valence-electron chi connectivity index (χ0n) is 8.55. The molecule has 4 nitrogen and oxygen atoms in total. The molecule has 0 bridgehead atoms. The number of rotatable bonds is 4. The first kappa shape index (κ1) is 9.96. The molecule has 1 aliphatic rings. The molecule has 1 aliphatic carbocycles. The molecule has 2 rings (SSSR count). The smallest absolute Gasteiger partial charge is 0.347 e. The van der Waals surface area contributed by atoms with Crippen molar-refractivity contribution in [2.75, 3.05) is 7.11 Å². The number of ether oxygens (including phenoxy) is 2. The van der Waals surface area contributed by atoms with Crippen LogP contribution in [-0.4, -0.2) is 24.2 Å². The Labute approximate surface area is 88.2 Å². The maximum Gasteiger partial charge on any atom is 0.347 e. The van der Waals surface area contributed by atoms with Gasteiger partial charge in [-0.05, 0) is 25.0 Å². The van der Waals surface area contributed by atoms with Gasteiger partial charge in [0.1, 0.15) is 5.75 Å². The fourth-order valence-corrected chi connectivity index (χ4v) is 1.42. The van der Waals surface area contributed by atoms with E-state index in [-0.39, 0.29) is 5.97 Å². The molecule has 1 saturated carbocycles. The zero-order chi connectivity index (χ0) is 10.7. The summed E-state index contributed by atoms with van der Waals surface area (Å²) in [6.07, 6.45) is 4.84. The van der Waals surface area contributed by atoms with Gasteiger partial charge in [-0.2, -0.15) is 0 Å². The molecule has 80 valence electrons. The van der Waals surface area contributed by atoms with Crippen LogP contribution in [0.2, 0.25) is 0 Å². The summed E-state index contributed by atoms with van der Waals surface area (Å²) >= 11 is 0. The van der Waals surface area contributed by atoms with E-state index in [4.69, 9.17) is 9.47 Å². The predicted molar refractivity (Wildman–Crippen MR) is 53.4 cm³/mol. The maximum absolute atomic E-state index is 11.4. The van der Waals surface area contributed by atoms with Crippen LogP contribution in [0.4, 0.5) is 0 Å². The molecule has 0 aliphatic heterocycles. The van der Waals surface area contributed by atoms with Crippen LogP contribution in [0.5, 0.6) is 5.75 Å². The summed E-state index contributed by atoms with van der Waals surface area (Å²) in [5.41, 5.74) is 0. The van der Waals surface area contributed by atoms with Crippen molar-refractivity contribution in [2.45, 2.75) is 18.9 Å². The van der Waals surface area contributed by atoms with Crippen LogP contribution in [-0.2, 0) is 9.53 Å². The van der Waals surface area contributed by atoms with E-state index in [0.717, 1.165) is 12.8 Å². The van der Waals surface area contributed by atoms with E-state index in [1.54, 1.807) is 24.5 Å². The molecule has 1 heterocycles. The molecule has 1 aromatic heterocycles. The van der Waals surface area contributed by atoms with E-state index in [1.165, 1.54) is 7.11 Å². The lowest BCUT2D eigenvalue weighted by molar-refractivity contribution is -0.149. The van der Waals surface area contributed by atoms with Gasteiger partial charge in [-0.1, -0.05) is 0 Å². The third-order valence-electron chi connectivity index (χ3n) is 2.38. The van der Waals surface area contributed by atoms with E-state index in [1.807, 2.05) is 0 Å². The Hall–Kier alpha value is -1.58. The molecule has 0 N–H and O–H groups in total. The van der Waals surface area contributed by atoms with Gasteiger partial charge in [-0.15, -0.1) is 0 Å². The molecule has 15 heavy (non-hydrogen) atoms. The van der Waals surface area contributed by atoms with Crippen molar-refractivity contribution in [3.8, 4) is 5.75 Å². The van der Waals surface area contributed by atoms with Gasteiger partial charge in [0.05, 0.1) is 13.3 Å². The molecule has 1 aromatic rings. The second-order valence-corrected chi connectivity index (χ2v) is 3.59. The molecule has 0 saturated heterocycles. The Bertz CT molecular complexity index is 335. The molecule has 1 fully saturated rings. The van der Waals surface area contributed by atoms with Crippen LogP contribution in [0.15, 0.2) is 24.5 Å². The van der Waals surface area contributed by atoms with Crippen LogP contribution >= 0.6 is 0 Å². The normalized spacial score (nSPS) is 16.9. The molecule has 0 aromatic carbocycles. The summed E-state index contributed by atoms with van der Waals surface area (Å²) < 4.78 is 10.3. The number of pyridine rings is 1. The fourth-order valence-electron chi connectivity index (χ4n) is 1.42. The monoisotopic (exact) mass is 207 g/mol. The topological polar surface area (TPSA) is 48.4 Å². The highest BCUT2D eigenvalue weighted by molar-refractivity contribution is 5.75. The van der Waals surface area contributed by atoms with Crippen molar-refractivity contribution in [1.82, 2.24) is 4.98 Å². The minimum Gasteiger partial charge on any atom is -0.477 e. The Balaban J connectivity index is 2.04. The quantitative estimate of drug-likeness (QED) is 0.700. The van der Waals surface area contributed by atoms with Gasteiger partial charge in [-0.25, -0.2) is 4.79 Å². The molecular weight excluding hydrogens is 194 g/mol. The first-order chi connectivity index (χ1) is 7.31. The van der Waals surface area contributed by atoms with E-state index in [2.05, 4.69) is 4.98 Å². The predicted octanol–water partition coefficient (Wildman–Crippen LogP) is 1.41. The number of nitrogens with zero attached hydrogens (tertiary/aromatic N) is 1. The summed E-state index contributed by atoms with van der Waals surface area (Å²) in [7, 11) is 1.38. The van der Waals surface area contributed by atoms with E-state index in [0.29, 0.717) is 11.7 Å². The summed E-state index contributed by atoms with van der Waals surface area (Å²) in [6, 6.07) is 3.56. The highest BCUT2D eigenvalue weighted by Crippen LogP contribution is 2.35. The van der Waals surface area contributed by atoms with Gasteiger partial charge in [0, 0.05) is 12.1 Å². The number of esters is 1. The standard InChI is InChI=1S/C11H13NO3/c1-14-11(13)10(8-4-5-8)15-9-3-2-6-12-7-9/h2-3,6-8,10H,4-5H2,1H3. The molecule has 4 heteroatoms. The molecule has 0 amide bonds. The lowest BCUT2D eigenvalue weighted by Gasteiger charge is -2.15. The number of hydrogen-bond donors (Lipinski definition) is 0. The lowest BCUT2D eigenvalue weighted by atomic mass is 10.2. The third-order valence-corrected chi connectivity index (χ3v) is 2.38. The summed E-state index contributed by atoms with van der Waals surface area (Å²) in [6.45, 7) is 0. The van der Waals surface area contributed by atoms with Crippen molar-refractivity contribution in [3.05, 3.63) is 24.5 Å². The fraction of sp³-hybridized carbons (Fsp3) is 0.455. The maximum atomic E-state index is 11.4. The summed E-state index contributed by atoms with van der Waals surface area (Å²) in [5, 5.41) is 0. The first-order valence-electron chi connectivity index (χ1n) is 4.96. The van der Waals surface area contributed by atoms with Crippen molar-refractivity contribution in [1.29, 1.82) is 0 Å². The number of carbonyl (C=O) groups is 1. The van der Waals surface area contributed by atoms with Crippen molar-refractivity contribution in [3.63, 3.8) is 0 Å². The number of hydrogen-bond acceptors (Lipinski definition) is 4. The Kier molecular flexibility index (Phi) is 2.85. The lowest BCUT2D eigenvalue weighted by Crippen LogP contribution is -2.30. The Morgan fingerprint density at radius 2 is 2.40 bits per heavy atom. The van der Waals surface area contributed by atoms with Crippen LogP contribution in [0.3, 0.4) is 0 Å². The van der Waals surface area contributed by atoms with Crippen molar-refractivity contribution < 1.29 is 14.3 Å². The number of carbonyl (C=O) groups excluding carboxylic acids is 1. The largest absolute Gasteiger partial charge is 0.477 e. The summed E-state index contributed by atoms with van der Waals surface area (Å²) in [5.74, 6) is 0.610. The second kappa shape index (κ2) is 4.29. The number of methoxy groups -OCH3 is 1. The molecular formula is C11H13NO3. The molecule has 0 spiro atoms. The van der Waals surface area contributed by atoms with Gasteiger partial charge >= 0.3 is 5.97 Å². The average molecular weight is 207 g/mol. The minimum absolute atomic E-state index is 0.303. The molecule has 1 atom stereocenters. The van der Waals surface area contributed by atoms with Crippen LogP contribution in [0.1, 0.15) is 12.8 Å². The van der Waals surface area contributed by atoms with Gasteiger partial charge in [0.25, 0.3) is 0 Å². The van der Waals surface area contributed by atoms with Crippen LogP contribution in [0.25, 0.3) is 0 Å². The Morgan fingerprint density at radius 1 is 1.60 bits per heavy atom. The molecule has 1 unspecified atom stereocenters. The van der Waals surface area contributed by atoms with E-state index >= 15 is 0 Å². The van der Waals surface area contributed by atoms with Crippen molar-refractivity contribution >= 4 is 5.97 Å². The summed E-state index contributed by atoms with van der Waals surface area (Å²) in [4.78, 5) is 15.4. The highest BCUT2D eigenvalue weighted by Gasteiger charge is 2.38. The van der Waals surface area contributed by atoms with Gasteiger partial charge in [0.15, 0.2) is 6.10 Å². The van der Waals surface area contributed by atoms with Crippen LogP contribution < -0.4 is 4.74 Å². The second-order valence-electron chi connectivity index (χ2n) is 3.59. The first-order valence-corrected chi connectivity index (χ1v) is 4.96. The highest BCUT2D eigenvalue weighted by atomic mass is 16.6. The van der Waals surface area contributed by atoms with Crippen LogP contribution in [0, 0.1) is 5.92 Å². The van der Waals surface area contributed by atoms with E-state index in [9.17, 15) is 4.79 Å². The third kappa shape index (κ3) is 2.46. The van der Waals surface area contributed by atoms with Gasteiger partial charge < -0.3 is 9.47 Å².